The zero-order chi connectivity index (χ0) is 15.7. The molecule has 0 aliphatic rings. The minimum atomic E-state index is -0.176. The normalized spacial score (nSPS) is 10.6. The average molecular weight is 354 g/mol. The molecule has 4 heteroatoms. The maximum absolute atomic E-state index is 11.9. The van der Waals surface area contributed by atoms with E-state index in [1.807, 2.05) is 24.3 Å². The third-order valence-corrected chi connectivity index (χ3v) is 3.94. The van der Waals surface area contributed by atoms with E-state index in [0.29, 0.717) is 5.56 Å². The van der Waals surface area contributed by atoms with Crippen LogP contribution in [0.5, 0.6) is 0 Å². The van der Waals surface area contributed by atoms with Crippen LogP contribution in [0.2, 0.25) is 0 Å². The number of halogens is 1. The zero-order valence-electron chi connectivity index (χ0n) is 11.6. The highest BCUT2D eigenvalue weighted by Crippen LogP contribution is 2.29. The van der Waals surface area contributed by atoms with Crippen molar-refractivity contribution in [2.75, 3.05) is 0 Å². The van der Waals surface area contributed by atoms with Crippen molar-refractivity contribution < 1.29 is 4.79 Å². The Balaban J connectivity index is 2.30. The molecule has 0 amide bonds. The van der Waals surface area contributed by atoms with Gasteiger partial charge in [0, 0.05) is 27.0 Å². The number of rotatable bonds is 3. The molecule has 1 heterocycles. The Morgan fingerprint density at radius 2 is 1.95 bits per heavy atom. The Morgan fingerprint density at radius 3 is 2.73 bits per heavy atom. The number of H-pyrrole nitrogens is 1. The van der Waals surface area contributed by atoms with Gasteiger partial charge in [0.1, 0.15) is 0 Å². The minimum absolute atomic E-state index is 0.142. The number of pyridine rings is 1. The number of hydrogen-bond donors (Lipinski definition) is 1. The van der Waals surface area contributed by atoms with Crippen LogP contribution in [-0.2, 0) is 0 Å². The number of fused-ring (bicyclic) bond motifs is 1. The van der Waals surface area contributed by atoms with Gasteiger partial charge in [-0.1, -0.05) is 40.7 Å². The topological polar surface area (TPSA) is 49.9 Å². The predicted molar refractivity (Wildman–Crippen MR) is 92.2 cm³/mol. The van der Waals surface area contributed by atoms with Crippen LogP contribution >= 0.6 is 15.9 Å². The van der Waals surface area contributed by atoms with E-state index in [9.17, 15) is 9.59 Å². The summed E-state index contributed by atoms with van der Waals surface area (Å²) in [6.45, 7) is 3.50. The Kier molecular flexibility index (Phi) is 3.77. The molecule has 0 radical (unpaired) electrons. The first-order valence-corrected chi connectivity index (χ1v) is 7.47. The van der Waals surface area contributed by atoms with Crippen LogP contribution in [0.3, 0.4) is 0 Å². The van der Waals surface area contributed by atoms with Gasteiger partial charge in [0.15, 0.2) is 5.78 Å². The lowest BCUT2D eigenvalue weighted by Gasteiger charge is -2.08. The number of ketones is 1. The van der Waals surface area contributed by atoms with Crippen LogP contribution < -0.4 is 5.56 Å². The van der Waals surface area contributed by atoms with Gasteiger partial charge in [-0.05, 0) is 41.5 Å². The van der Waals surface area contributed by atoms with E-state index >= 15 is 0 Å². The van der Waals surface area contributed by atoms with Crippen LogP contribution in [0.25, 0.3) is 22.0 Å². The molecule has 2 aromatic carbocycles. The van der Waals surface area contributed by atoms with Gasteiger partial charge < -0.3 is 4.98 Å². The van der Waals surface area contributed by atoms with E-state index in [-0.39, 0.29) is 11.3 Å². The first-order valence-electron chi connectivity index (χ1n) is 6.68. The third-order valence-electron chi connectivity index (χ3n) is 3.45. The molecule has 0 aliphatic carbocycles. The lowest BCUT2D eigenvalue weighted by atomic mass is 9.98. The molecule has 22 heavy (non-hydrogen) atoms. The molecule has 0 atom stereocenters. The van der Waals surface area contributed by atoms with Crippen molar-refractivity contribution in [2.45, 2.75) is 0 Å². The molecule has 108 valence electrons. The fourth-order valence-electron chi connectivity index (χ4n) is 2.42. The lowest BCUT2D eigenvalue weighted by Crippen LogP contribution is -2.05. The maximum atomic E-state index is 11.9. The van der Waals surface area contributed by atoms with E-state index in [1.165, 1.54) is 6.08 Å². The third kappa shape index (κ3) is 2.65. The molecule has 0 aliphatic heterocycles. The summed E-state index contributed by atoms with van der Waals surface area (Å²) < 4.78 is 0.923. The zero-order valence-corrected chi connectivity index (χ0v) is 13.2. The minimum Gasteiger partial charge on any atom is -0.322 e. The molecule has 3 aromatic rings. The summed E-state index contributed by atoms with van der Waals surface area (Å²) in [7, 11) is 0. The van der Waals surface area contributed by atoms with Gasteiger partial charge in [-0.2, -0.15) is 0 Å². The number of allylic oxidation sites excluding steroid dienone is 1. The van der Waals surface area contributed by atoms with Gasteiger partial charge in [-0.25, -0.2) is 0 Å². The van der Waals surface area contributed by atoms with Crippen molar-refractivity contribution in [3.05, 3.63) is 81.6 Å². The molecule has 0 saturated carbocycles. The van der Waals surface area contributed by atoms with Crippen molar-refractivity contribution in [1.29, 1.82) is 0 Å². The molecular weight excluding hydrogens is 342 g/mol. The van der Waals surface area contributed by atoms with Crippen molar-refractivity contribution in [3.8, 4) is 11.1 Å². The second kappa shape index (κ2) is 5.73. The first-order chi connectivity index (χ1) is 10.6. The van der Waals surface area contributed by atoms with E-state index in [0.717, 1.165) is 26.5 Å². The summed E-state index contributed by atoms with van der Waals surface area (Å²) >= 11 is 3.45. The Bertz CT molecular complexity index is 957. The van der Waals surface area contributed by atoms with Gasteiger partial charge in [-0.3, -0.25) is 9.59 Å². The predicted octanol–water partition coefficient (Wildman–Crippen LogP) is 4.33. The van der Waals surface area contributed by atoms with Gasteiger partial charge in [0.2, 0.25) is 5.56 Å². The summed E-state index contributed by atoms with van der Waals surface area (Å²) in [5, 5.41) is 0.914. The Hall–Kier alpha value is -2.46. The highest BCUT2D eigenvalue weighted by molar-refractivity contribution is 9.10. The van der Waals surface area contributed by atoms with E-state index in [2.05, 4.69) is 27.5 Å². The quantitative estimate of drug-likeness (QED) is 0.562. The highest BCUT2D eigenvalue weighted by atomic mass is 79.9. The van der Waals surface area contributed by atoms with Crippen LogP contribution in [0, 0.1) is 0 Å². The highest BCUT2D eigenvalue weighted by Gasteiger charge is 2.09. The largest absolute Gasteiger partial charge is 0.322 e. The molecule has 1 N–H and O–H groups in total. The summed E-state index contributed by atoms with van der Waals surface area (Å²) in [5.41, 5.74) is 2.74. The van der Waals surface area contributed by atoms with Crippen LogP contribution in [0.15, 0.2) is 70.5 Å². The SMILES string of the molecule is C=CC(=O)c1cccc(-c2cc(=O)[nH]c3ccc(Br)cc23)c1. The number of aromatic amines is 1. The number of nitrogens with one attached hydrogen (secondary N) is 1. The molecule has 0 saturated heterocycles. The van der Waals surface area contributed by atoms with Gasteiger partial charge in [-0.15, -0.1) is 0 Å². The van der Waals surface area contributed by atoms with Crippen molar-refractivity contribution in [1.82, 2.24) is 4.98 Å². The molecule has 3 nitrogen and oxygen atoms in total. The second-order valence-electron chi connectivity index (χ2n) is 4.89. The lowest BCUT2D eigenvalue weighted by molar-refractivity contribution is 0.104. The second-order valence-corrected chi connectivity index (χ2v) is 5.80. The fourth-order valence-corrected chi connectivity index (χ4v) is 2.78. The van der Waals surface area contributed by atoms with Gasteiger partial charge in [0.05, 0.1) is 0 Å². The van der Waals surface area contributed by atoms with E-state index in [4.69, 9.17) is 0 Å². The monoisotopic (exact) mass is 353 g/mol. The van der Waals surface area contributed by atoms with Gasteiger partial charge in [0.25, 0.3) is 0 Å². The molecule has 0 unspecified atom stereocenters. The fraction of sp³-hybridized carbons (Fsp3) is 0. The van der Waals surface area contributed by atoms with Crippen LogP contribution in [-0.4, -0.2) is 10.8 Å². The number of carbonyl (C=O) groups excluding carboxylic acids is 1. The number of benzene rings is 2. The first kappa shape index (κ1) is 14.5. The van der Waals surface area contributed by atoms with Gasteiger partial charge >= 0.3 is 0 Å². The van der Waals surface area contributed by atoms with Crippen molar-refractivity contribution >= 4 is 32.6 Å². The number of hydrogen-bond acceptors (Lipinski definition) is 2. The van der Waals surface area contributed by atoms with Crippen LogP contribution in [0.4, 0.5) is 0 Å². The summed E-state index contributed by atoms with van der Waals surface area (Å²) in [5.74, 6) is -0.142. The number of carbonyl (C=O) groups is 1. The van der Waals surface area contributed by atoms with Crippen LogP contribution in [0.1, 0.15) is 10.4 Å². The average Bonchev–Trinajstić information content (AvgIpc) is 2.54. The summed E-state index contributed by atoms with van der Waals surface area (Å²) in [4.78, 5) is 26.5. The molecule has 0 bridgehead atoms. The standard InChI is InChI=1S/C18H12BrNO2/c1-2-17(21)12-5-3-4-11(8-12)14-10-18(22)20-16-7-6-13(19)9-15(14)16/h2-10H,1H2,(H,20,22). The molecule has 3 rings (SSSR count). The smallest absolute Gasteiger partial charge is 0.249 e. The molecule has 0 fully saturated rings. The number of aromatic nitrogens is 1. The molecular formula is C18H12BrNO2. The summed E-state index contributed by atoms with van der Waals surface area (Å²) in [6, 6.07) is 14.4. The molecule has 1 aromatic heterocycles. The molecule has 0 spiro atoms. The van der Waals surface area contributed by atoms with E-state index < -0.39 is 0 Å². The Morgan fingerprint density at radius 1 is 1.14 bits per heavy atom. The van der Waals surface area contributed by atoms with Crippen molar-refractivity contribution in [2.24, 2.45) is 0 Å². The summed E-state index contributed by atoms with van der Waals surface area (Å²) in [6.07, 6.45) is 1.28. The maximum Gasteiger partial charge on any atom is 0.249 e. The van der Waals surface area contributed by atoms with E-state index in [1.54, 1.807) is 24.3 Å². The van der Waals surface area contributed by atoms with Crippen molar-refractivity contribution in [3.63, 3.8) is 0 Å². The Labute approximate surface area is 135 Å².